The van der Waals surface area contributed by atoms with Gasteiger partial charge >= 0.3 is 6.18 Å². The summed E-state index contributed by atoms with van der Waals surface area (Å²) in [6, 6.07) is 2.85. The van der Waals surface area contributed by atoms with Crippen LogP contribution < -0.4 is 11.3 Å². The second kappa shape index (κ2) is 5.14. The average Bonchev–Trinajstić information content (AvgIpc) is 2.88. The summed E-state index contributed by atoms with van der Waals surface area (Å²) in [5.74, 6) is 5.38. The Morgan fingerprint density at radius 1 is 1.28 bits per heavy atom. The summed E-state index contributed by atoms with van der Waals surface area (Å²) < 4.78 is 37.9. The number of rotatable bonds is 3. The molecule has 1 unspecified atom stereocenters. The van der Waals surface area contributed by atoms with E-state index in [9.17, 15) is 13.2 Å². The number of hydrazine groups is 1. The summed E-state index contributed by atoms with van der Waals surface area (Å²) in [7, 11) is 0. The second-order valence-corrected chi connectivity index (χ2v) is 6.12. The number of nitrogens with one attached hydrogen (secondary N) is 1. The summed E-state index contributed by atoms with van der Waals surface area (Å²) in [6.07, 6.45) is -3.26. The molecular formula is C9H7ClF3N3S2. The highest BCUT2D eigenvalue weighted by atomic mass is 35.5. The molecule has 0 radical (unpaired) electrons. The molecule has 18 heavy (non-hydrogen) atoms. The van der Waals surface area contributed by atoms with E-state index in [1.807, 2.05) is 0 Å². The number of hydrogen-bond donors (Lipinski definition) is 2. The fourth-order valence-corrected chi connectivity index (χ4v) is 3.42. The third kappa shape index (κ3) is 2.83. The van der Waals surface area contributed by atoms with Gasteiger partial charge < -0.3 is 0 Å². The number of halogens is 4. The minimum Gasteiger partial charge on any atom is -0.271 e. The first kappa shape index (κ1) is 13.8. The zero-order valence-corrected chi connectivity index (χ0v) is 11.1. The predicted octanol–water partition coefficient (Wildman–Crippen LogP) is 3.43. The van der Waals surface area contributed by atoms with Crippen molar-refractivity contribution in [3.63, 3.8) is 0 Å². The van der Waals surface area contributed by atoms with Gasteiger partial charge in [-0.05, 0) is 12.1 Å². The van der Waals surface area contributed by atoms with E-state index in [0.29, 0.717) is 20.6 Å². The predicted molar refractivity (Wildman–Crippen MR) is 65.6 cm³/mol. The quantitative estimate of drug-likeness (QED) is 0.674. The molecular weight excluding hydrogens is 307 g/mol. The molecule has 0 amide bonds. The minimum atomic E-state index is -4.44. The Balaban J connectivity index is 2.31. The molecule has 0 aromatic carbocycles. The number of alkyl halides is 3. The van der Waals surface area contributed by atoms with Gasteiger partial charge in [0.15, 0.2) is 5.01 Å². The van der Waals surface area contributed by atoms with Gasteiger partial charge in [-0.15, -0.1) is 22.7 Å². The number of aromatic nitrogens is 1. The Morgan fingerprint density at radius 3 is 2.44 bits per heavy atom. The Hall–Kier alpha value is -0.670. The fourth-order valence-electron chi connectivity index (χ4n) is 1.34. The van der Waals surface area contributed by atoms with Crippen molar-refractivity contribution in [2.45, 2.75) is 12.2 Å². The SMILES string of the molecule is NNC(c1ccc(Cl)s1)c1cnc(C(F)(F)F)s1. The molecule has 2 aromatic heterocycles. The van der Waals surface area contributed by atoms with Gasteiger partial charge in [-0.1, -0.05) is 11.6 Å². The van der Waals surface area contributed by atoms with Crippen LogP contribution >= 0.6 is 34.3 Å². The van der Waals surface area contributed by atoms with Gasteiger partial charge in [0, 0.05) is 16.0 Å². The van der Waals surface area contributed by atoms with Crippen LogP contribution in [0.1, 0.15) is 20.8 Å². The van der Waals surface area contributed by atoms with Gasteiger partial charge in [0.05, 0.1) is 10.4 Å². The van der Waals surface area contributed by atoms with Crippen molar-refractivity contribution in [1.29, 1.82) is 0 Å². The van der Waals surface area contributed by atoms with Crippen LogP contribution in [0.25, 0.3) is 0 Å². The summed E-state index contributed by atoms with van der Waals surface area (Å²) in [5.41, 5.74) is 2.47. The lowest BCUT2D eigenvalue weighted by molar-refractivity contribution is -0.137. The molecule has 0 fully saturated rings. The lowest BCUT2D eigenvalue weighted by atomic mass is 10.2. The standard InChI is InChI=1S/C9H7ClF3N3S2/c10-6-2-1-4(17-6)7(16-14)5-3-15-8(18-5)9(11,12)13/h1-3,7,16H,14H2. The topological polar surface area (TPSA) is 50.9 Å². The maximum atomic E-state index is 12.5. The molecule has 3 N–H and O–H groups in total. The van der Waals surface area contributed by atoms with Crippen molar-refractivity contribution in [2.75, 3.05) is 0 Å². The summed E-state index contributed by atoms with van der Waals surface area (Å²) in [6.45, 7) is 0. The second-order valence-electron chi connectivity index (χ2n) is 3.31. The van der Waals surface area contributed by atoms with E-state index in [2.05, 4.69) is 10.4 Å². The maximum absolute atomic E-state index is 12.5. The van der Waals surface area contributed by atoms with E-state index in [-0.39, 0.29) is 0 Å². The van der Waals surface area contributed by atoms with Crippen LogP contribution in [-0.2, 0) is 6.18 Å². The van der Waals surface area contributed by atoms with Gasteiger partial charge in [-0.25, -0.2) is 10.4 Å². The van der Waals surface area contributed by atoms with Crippen molar-refractivity contribution in [3.8, 4) is 0 Å². The van der Waals surface area contributed by atoms with Crippen LogP contribution in [0, 0.1) is 0 Å². The van der Waals surface area contributed by atoms with Crippen molar-refractivity contribution < 1.29 is 13.2 Å². The Kier molecular flexibility index (Phi) is 3.93. The molecule has 3 nitrogen and oxygen atoms in total. The number of thiazole rings is 1. The first-order valence-electron chi connectivity index (χ1n) is 4.66. The van der Waals surface area contributed by atoms with Gasteiger partial charge in [0.2, 0.25) is 0 Å². The fraction of sp³-hybridized carbons (Fsp3) is 0.222. The van der Waals surface area contributed by atoms with E-state index >= 15 is 0 Å². The van der Waals surface area contributed by atoms with Gasteiger partial charge in [-0.2, -0.15) is 13.2 Å². The molecule has 0 bridgehead atoms. The molecule has 0 aliphatic heterocycles. The van der Waals surface area contributed by atoms with E-state index in [1.165, 1.54) is 17.5 Å². The van der Waals surface area contributed by atoms with E-state index < -0.39 is 17.2 Å². The molecule has 9 heteroatoms. The van der Waals surface area contributed by atoms with Gasteiger partial charge in [0.1, 0.15) is 0 Å². The monoisotopic (exact) mass is 313 g/mol. The lowest BCUT2D eigenvalue weighted by Crippen LogP contribution is -2.27. The minimum absolute atomic E-state index is 0.392. The van der Waals surface area contributed by atoms with Gasteiger partial charge in [0.25, 0.3) is 0 Å². The zero-order valence-electron chi connectivity index (χ0n) is 8.66. The van der Waals surface area contributed by atoms with E-state index in [1.54, 1.807) is 12.1 Å². The Labute approximate surface area is 113 Å². The number of nitrogens with zero attached hydrogens (tertiary/aromatic N) is 1. The lowest BCUT2D eigenvalue weighted by Gasteiger charge is -2.11. The number of hydrogen-bond acceptors (Lipinski definition) is 5. The van der Waals surface area contributed by atoms with E-state index in [4.69, 9.17) is 17.4 Å². The molecule has 0 saturated heterocycles. The molecule has 2 rings (SSSR count). The van der Waals surface area contributed by atoms with Crippen LogP contribution in [0.15, 0.2) is 18.3 Å². The average molecular weight is 314 g/mol. The van der Waals surface area contributed by atoms with E-state index in [0.717, 1.165) is 4.88 Å². The molecule has 2 heterocycles. The summed E-state index contributed by atoms with van der Waals surface area (Å²) in [5, 5.41) is -0.889. The van der Waals surface area contributed by atoms with Crippen LogP contribution in [0.2, 0.25) is 4.34 Å². The number of thiophene rings is 1. The highest BCUT2D eigenvalue weighted by Gasteiger charge is 2.35. The molecule has 0 aliphatic rings. The highest BCUT2D eigenvalue weighted by Crippen LogP contribution is 2.37. The third-order valence-electron chi connectivity index (χ3n) is 2.10. The first-order chi connectivity index (χ1) is 8.41. The van der Waals surface area contributed by atoms with Crippen molar-refractivity contribution in [3.05, 3.63) is 37.4 Å². The summed E-state index contributed by atoms with van der Waals surface area (Å²) >= 11 is 7.60. The zero-order chi connectivity index (χ0) is 13.3. The maximum Gasteiger partial charge on any atom is 0.443 e. The molecule has 0 spiro atoms. The van der Waals surface area contributed by atoms with Crippen LogP contribution in [0.5, 0.6) is 0 Å². The largest absolute Gasteiger partial charge is 0.443 e. The first-order valence-corrected chi connectivity index (χ1v) is 6.67. The van der Waals surface area contributed by atoms with Crippen molar-refractivity contribution in [1.82, 2.24) is 10.4 Å². The Bertz CT molecular complexity index is 537. The van der Waals surface area contributed by atoms with Gasteiger partial charge in [-0.3, -0.25) is 5.84 Å². The molecule has 98 valence electrons. The molecule has 0 saturated carbocycles. The molecule has 2 aromatic rings. The smallest absolute Gasteiger partial charge is 0.271 e. The highest BCUT2D eigenvalue weighted by molar-refractivity contribution is 7.16. The molecule has 0 aliphatic carbocycles. The van der Waals surface area contributed by atoms with Crippen LogP contribution in [0.4, 0.5) is 13.2 Å². The normalized spacial score (nSPS) is 13.8. The van der Waals surface area contributed by atoms with Crippen molar-refractivity contribution in [2.24, 2.45) is 5.84 Å². The molecule has 1 atom stereocenters. The Morgan fingerprint density at radius 2 is 2.00 bits per heavy atom. The van der Waals surface area contributed by atoms with Crippen LogP contribution in [0.3, 0.4) is 0 Å². The summed E-state index contributed by atoms with van der Waals surface area (Å²) in [4.78, 5) is 4.49. The number of nitrogens with two attached hydrogens (primary N) is 1. The van der Waals surface area contributed by atoms with Crippen LogP contribution in [-0.4, -0.2) is 4.98 Å². The third-order valence-corrected chi connectivity index (χ3v) is 4.50. The van der Waals surface area contributed by atoms with Crippen molar-refractivity contribution >= 4 is 34.3 Å².